The van der Waals surface area contributed by atoms with E-state index in [0.29, 0.717) is 42.0 Å². The number of fused-ring (bicyclic) bond motifs is 1. The van der Waals surface area contributed by atoms with E-state index in [-0.39, 0.29) is 29.4 Å². The highest BCUT2D eigenvalue weighted by Gasteiger charge is 2.34. The molecule has 180 valence electrons. The minimum atomic E-state index is -4.59. The zero-order valence-electron chi connectivity index (χ0n) is 18.4. The number of rotatable bonds is 4. The highest BCUT2D eigenvalue weighted by molar-refractivity contribution is 6.33. The number of anilines is 1. The van der Waals surface area contributed by atoms with Crippen molar-refractivity contribution in [1.29, 1.82) is 0 Å². The van der Waals surface area contributed by atoms with Crippen LogP contribution in [0.3, 0.4) is 0 Å². The molecule has 35 heavy (non-hydrogen) atoms. The minimum absolute atomic E-state index is 0.0855. The third kappa shape index (κ3) is 4.58. The van der Waals surface area contributed by atoms with Crippen molar-refractivity contribution in [3.8, 4) is 0 Å². The van der Waals surface area contributed by atoms with Crippen molar-refractivity contribution < 1.29 is 13.2 Å². The Hall–Kier alpha value is -3.53. The summed E-state index contributed by atoms with van der Waals surface area (Å²) in [6.45, 7) is 0.959. The van der Waals surface area contributed by atoms with Gasteiger partial charge in [0.1, 0.15) is 5.52 Å². The molecule has 0 unspecified atom stereocenters. The van der Waals surface area contributed by atoms with Crippen molar-refractivity contribution in [3.63, 3.8) is 0 Å². The van der Waals surface area contributed by atoms with Crippen LogP contribution in [0.25, 0.3) is 11.2 Å². The summed E-state index contributed by atoms with van der Waals surface area (Å²) in [7, 11) is 0. The van der Waals surface area contributed by atoms with Gasteiger partial charge >= 0.3 is 6.18 Å². The predicted octanol–water partition coefficient (Wildman–Crippen LogP) is 4.69. The molecule has 4 aromatic heterocycles. The number of halogens is 4. The van der Waals surface area contributed by atoms with Crippen LogP contribution in [-0.4, -0.2) is 37.6 Å². The Balaban J connectivity index is 1.51. The summed E-state index contributed by atoms with van der Waals surface area (Å²) in [6.07, 6.45) is 4.29. The number of hydrogen-bond acceptors (Lipinski definition) is 6. The molecule has 0 radical (unpaired) electrons. The molecule has 7 nitrogen and oxygen atoms in total. The molecule has 1 aliphatic heterocycles. The Morgan fingerprint density at radius 2 is 1.80 bits per heavy atom. The molecule has 0 bridgehead atoms. The minimum Gasteiger partial charge on any atom is -0.369 e. The molecule has 0 atom stereocenters. The topological polar surface area (TPSA) is 76.8 Å². The molecular weight excluding hydrogens is 481 g/mol. The zero-order valence-corrected chi connectivity index (χ0v) is 19.2. The quantitative estimate of drug-likeness (QED) is 0.405. The van der Waals surface area contributed by atoms with Gasteiger partial charge in [0.05, 0.1) is 34.7 Å². The number of aromatic nitrogens is 5. The first kappa shape index (κ1) is 23.2. The fourth-order valence-electron chi connectivity index (χ4n) is 4.56. The van der Waals surface area contributed by atoms with E-state index in [0.717, 1.165) is 11.8 Å². The first-order valence-corrected chi connectivity index (χ1v) is 11.4. The van der Waals surface area contributed by atoms with Crippen LogP contribution in [0.15, 0.2) is 60.0 Å². The Kier molecular flexibility index (Phi) is 6.14. The third-order valence-corrected chi connectivity index (χ3v) is 6.59. The average molecular weight is 501 g/mol. The smallest absolute Gasteiger partial charge is 0.369 e. The molecule has 5 heterocycles. The summed E-state index contributed by atoms with van der Waals surface area (Å²) >= 11 is 6.31. The van der Waals surface area contributed by atoms with Crippen LogP contribution in [0.1, 0.15) is 35.6 Å². The molecule has 0 amide bonds. The Morgan fingerprint density at radius 3 is 2.54 bits per heavy atom. The highest BCUT2D eigenvalue weighted by Crippen LogP contribution is 2.34. The molecule has 0 spiro atoms. The maximum atomic E-state index is 13.6. The Morgan fingerprint density at radius 1 is 1.03 bits per heavy atom. The van der Waals surface area contributed by atoms with Gasteiger partial charge in [0.25, 0.3) is 5.56 Å². The maximum absolute atomic E-state index is 13.6. The van der Waals surface area contributed by atoms with Crippen LogP contribution in [-0.2, 0) is 12.7 Å². The number of pyridine rings is 3. The van der Waals surface area contributed by atoms with Gasteiger partial charge in [0, 0.05) is 43.4 Å². The summed E-state index contributed by atoms with van der Waals surface area (Å²) in [5.41, 5.74) is 0.519. The van der Waals surface area contributed by atoms with Crippen LogP contribution in [0.2, 0.25) is 5.02 Å². The van der Waals surface area contributed by atoms with E-state index in [4.69, 9.17) is 11.6 Å². The maximum Gasteiger partial charge on any atom is 0.418 e. The molecule has 1 saturated heterocycles. The summed E-state index contributed by atoms with van der Waals surface area (Å²) in [4.78, 5) is 32.3. The van der Waals surface area contributed by atoms with Gasteiger partial charge in [-0.05, 0) is 43.0 Å². The second-order valence-corrected chi connectivity index (χ2v) is 8.75. The fraction of sp³-hybridized carbons (Fsp3) is 0.292. The first-order valence-electron chi connectivity index (χ1n) is 11.0. The second kappa shape index (κ2) is 9.26. The lowest BCUT2D eigenvalue weighted by Crippen LogP contribution is -2.36. The van der Waals surface area contributed by atoms with Crippen LogP contribution in [0, 0.1) is 0 Å². The van der Waals surface area contributed by atoms with Gasteiger partial charge in [-0.25, -0.2) is 4.98 Å². The van der Waals surface area contributed by atoms with Gasteiger partial charge in [-0.3, -0.25) is 24.3 Å². The predicted molar refractivity (Wildman–Crippen MR) is 126 cm³/mol. The molecule has 0 aliphatic carbocycles. The summed E-state index contributed by atoms with van der Waals surface area (Å²) in [5, 5.41) is 0.609. The van der Waals surface area contributed by atoms with Crippen molar-refractivity contribution >= 4 is 28.5 Å². The molecule has 5 rings (SSSR count). The molecule has 0 aromatic carbocycles. The van der Waals surface area contributed by atoms with E-state index in [9.17, 15) is 18.0 Å². The van der Waals surface area contributed by atoms with Crippen molar-refractivity contribution in [2.45, 2.75) is 31.5 Å². The molecule has 11 heteroatoms. The SMILES string of the molecule is O=c1c(C2CCN(c3cnccc3Cl)CC2)cc2nccnc2n1Cc1ncccc1C(F)(F)F. The molecule has 4 aromatic rings. The molecule has 1 fully saturated rings. The van der Waals surface area contributed by atoms with Crippen LogP contribution in [0.5, 0.6) is 0 Å². The van der Waals surface area contributed by atoms with E-state index >= 15 is 0 Å². The van der Waals surface area contributed by atoms with E-state index in [1.807, 2.05) is 0 Å². The van der Waals surface area contributed by atoms with Crippen LogP contribution >= 0.6 is 11.6 Å². The lowest BCUT2D eigenvalue weighted by Gasteiger charge is -2.34. The van der Waals surface area contributed by atoms with E-state index in [1.165, 1.54) is 29.2 Å². The van der Waals surface area contributed by atoms with Crippen LogP contribution in [0.4, 0.5) is 18.9 Å². The van der Waals surface area contributed by atoms with Gasteiger partial charge in [-0.2, -0.15) is 13.2 Å². The van der Waals surface area contributed by atoms with E-state index in [2.05, 4.69) is 24.8 Å². The second-order valence-electron chi connectivity index (χ2n) is 8.34. The van der Waals surface area contributed by atoms with Gasteiger partial charge in [-0.15, -0.1) is 0 Å². The van der Waals surface area contributed by atoms with E-state index < -0.39 is 11.7 Å². The first-order chi connectivity index (χ1) is 16.8. The summed E-state index contributed by atoms with van der Waals surface area (Å²) in [5.74, 6) is -0.0855. The lowest BCUT2D eigenvalue weighted by molar-refractivity contribution is -0.138. The monoisotopic (exact) mass is 500 g/mol. The third-order valence-electron chi connectivity index (χ3n) is 6.27. The van der Waals surface area contributed by atoms with Gasteiger partial charge < -0.3 is 4.90 Å². The Labute approximate surface area is 203 Å². The Bertz CT molecular complexity index is 1430. The average Bonchev–Trinajstić information content (AvgIpc) is 2.86. The molecule has 0 saturated carbocycles. The van der Waals surface area contributed by atoms with Crippen LogP contribution < -0.4 is 10.5 Å². The fourth-order valence-corrected chi connectivity index (χ4v) is 4.78. The molecule has 0 N–H and O–H groups in total. The normalized spacial score (nSPS) is 15.0. The van der Waals surface area contributed by atoms with Gasteiger partial charge in [0.15, 0.2) is 5.65 Å². The van der Waals surface area contributed by atoms with Crippen molar-refractivity contribution in [1.82, 2.24) is 24.5 Å². The standard InChI is InChI=1S/C24H20ClF3N6O/c25-18-3-7-29-13-21(18)33-10-4-15(5-11-33)16-12-19-22(32-9-8-31-19)34(23(16)35)14-20-17(24(26,27)28)2-1-6-30-20/h1-3,6-9,12-13,15H,4-5,10-11,14H2. The molecule has 1 aliphatic rings. The lowest BCUT2D eigenvalue weighted by atomic mass is 9.89. The van der Waals surface area contributed by atoms with Crippen molar-refractivity contribution in [3.05, 3.63) is 87.4 Å². The summed E-state index contributed by atoms with van der Waals surface area (Å²) < 4.78 is 42.0. The van der Waals surface area contributed by atoms with E-state index in [1.54, 1.807) is 24.5 Å². The van der Waals surface area contributed by atoms with Gasteiger partial charge in [-0.1, -0.05) is 11.6 Å². The number of hydrogen-bond donors (Lipinski definition) is 0. The van der Waals surface area contributed by atoms with Gasteiger partial charge in [0.2, 0.25) is 0 Å². The molecular formula is C24H20ClF3N6O. The van der Waals surface area contributed by atoms with Crippen molar-refractivity contribution in [2.24, 2.45) is 0 Å². The number of alkyl halides is 3. The largest absolute Gasteiger partial charge is 0.418 e. The zero-order chi connectivity index (χ0) is 24.6. The van der Waals surface area contributed by atoms with Crippen molar-refractivity contribution in [2.75, 3.05) is 18.0 Å². The highest BCUT2D eigenvalue weighted by atomic mass is 35.5. The number of nitrogens with zero attached hydrogens (tertiary/aromatic N) is 6. The summed E-state index contributed by atoms with van der Waals surface area (Å²) in [6, 6.07) is 5.63. The number of piperidine rings is 1.